The van der Waals surface area contributed by atoms with Crippen molar-refractivity contribution in [1.82, 2.24) is 5.32 Å². The highest BCUT2D eigenvalue weighted by Crippen LogP contribution is 2.00. The number of halogens is 1. The molecule has 0 bridgehead atoms. The van der Waals surface area contributed by atoms with Gasteiger partial charge in [0.25, 0.3) is 0 Å². The standard InChI is InChI=1S/C9H12O.C7H15NO3.C3H5ClO2/c10-8-4-7-9-5-2-1-3-6-9;1-2-4-8-6(3-5-9)7(10)11;1-2-6-3(4)5/h1-3,5-6,10H,4,7-8H2;6,8-9H,2-5H2,1H3,(H,10,11);2H2,1H3. The Labute approximate surface area is 166 Å². The van der Waals surface area contributed by atoms with Crippen molar-refractivity contribution in [3.05, 3.63) is 35.9 Å². The summed E-state index contributed by atoms with van der Waals surface area (Å²) in [6.07, 6.45) is 3.02. The second kappa shape index (κ2) is 20.6. The van der Waals surface area contributed by atoms with Crippen molar-refractivity contribution in [1.29, 1.82) is 0 Å². The Hall–Kier alpha value is -1.67. The second-order valence-corrected chi connectivity index (χ2v) is 5.65. The summed E-state index contributed by atoms with van der Waals surface area (Å²) in [7, 11) is 0. The fourth-order valence-corrected chi connectivity index (χ4v) is 1.91. The zero-order chi connectivity index (χ0) is 20.9. The highest BCUT2D eigenvalue weighted by atomic mass is 35.5. The number of nitrogens with one attached hydrogen (secondary N) is 1. The van der Waals surface area contributed by atoms with Crippen molar-refractivity contribution >= 4 is 23.0 Å². The van der Waals surface area contributed by atoms with Crippen LogP contribution in [0.2, 0.25) is 0 Å². The van der Waals surface area contributed by atoms with Crippen molar-refractivity contribution in [3.8, 4) is 0 Å². The van der Waals surface area contributed by atoms with Gasteiger partial charge in [-0.05, 0) is 44.7 Å². The molecule has 1 unspecified atom stereocenters. The molecule has 8 heteroatoms. The quantitative estimate of drug-likeness (QED) is 0.442. The van der Waals surface area contributed by atoms with Crippen LogP contribution in [0.3, 0.4) is 0 Å². The molecule has 0 saturated heterocycles. The van der Waals surface area contributed by atoms with Crippen LogP contribution in [0.1, 0.15) is 38.7 Å². The number of carbonyl (C=O) groups excluding carboxylic acids is 1. The molecule has 1 atom stereocenters. The van der Waals surface area contributed by atoms with E-state index in [0.29, 0.717) is 13.2 Å². The van der Waals surface area contributed by atoms with Crippen LogP contribution in [-0.2, 0) is 16.0 Å². The van der Waals surface area contributed by atoms with Crippen molar-refractivity contribution < 1.29 is 29.6 Å². The van der Waals surface area contributed by atoms with Crippen LogP contribution in [0.15, 0.2) is 30.3 Å². The van der Waals surface area contributed by atoms with Gasteiger partial charge in [0.15, 0.2) is 0 Å². The van der Waals surface area contributed by atoms with Crippen LogP contribution in [0.5, 0.6) is 0 Å². The summed E-state index contributed by atoms with van der Waals surface area (Å²) in [6.45, 7) is 4.88. The van der Waals surface area contributed by atoms with E-state index in [0.717, 1.165) is 19.3 Å². The molecule has 4 N–H and O–H groups in total. The van der Waals surface area contributed by atoms with Gasteiger partial charge < -0.3 is 25.4 Å². The third-order valence-corrected chi connectivity index (χ3v) is 3.19. The molecule has 0 heterocycles. The first kappa shape index (κ1) is 27.5. The molecule has 7 nitrogen and oxygen atoms in total. The normalized spacial score (nSPS) is 10.6. The SMILES string of the molecule is CCCNC(CCO)C(=O)O.CCOC(=O)Cl.OCCCc1ccccc1. The first-order valence-corrected chi connectivity index (χ1v) is 9.34. The first-order chi connectivity index (χ1) is 12.9. The largest absolute Gasteiger partial charge is 0.480 e. The van der Waals surface area contributed by atoms with Crippen molar-refractivity contribution in [2.45, 2.75) is 45.6 Å². The van der Waals surface area contributed by atoms with Gasteiger partial charge in [0.05, 0.1) is 6.61 Å². The van der Waals surface area contributed by atoms with Gasteiger partial charge in [-0.2, -0.15) is 0 Å². The van der Waals surface area contributed by atoms with Crippen LogP contribution in [0, 0.1) is 0 Å². The van der Waals surface area contributed by atoms with E-state index < -0.39 is 17.4 Å². The Morgan fingerprint density at radius 3 is 2.15 bits per heavy atom. The molecule has 0 aliphatic rings. The van der Waals surface area contributed by atoms with Crippen molar-refractivity contribution in [2.75, 3.05) is 26.4 Å². The molecule has 1 rings (SSSR count). The third-order valence-electron chi connectivity index (χ3n) is 3.08. The molecule has 1 aromatic carbocycles. The number of aliphatic hydroxyl groups excluding tert-OH is 2. The number of carboxylic acids is 1. The molecule has 156 valence electrons. The number of rotatable bonds is 10. The zero-order valence-corrected chi connectivity index (χ0v) is 16.8. The van der Waals surface area contributed by atoms with Gasteiger partial charge >= 0.3 is 11.4 Å². The lowest BCUT2D eigenvalue weighted by Crippen LogP contribution is -2.37. The van der Waals surface area contributed by atoms with Gasteiger partial charge in [0, 0.05) is 24.8 Å². The molecule has 0 aliphatic heterocycles. The van der Waals surface area contributed by atoms with Gasteiger partial charge in [-0.3, -0.25) is 4.79 Å². The molecule has 0 radical (unpaired) electrons. The number of aryl methyl sites for hydroxylation is 1. The molecule has 0 saturated carbocycles. The van der Waals surface area contributed by atoms with Crippen LogP contribution < -0.4 is 5.32 Å². The van der Waals surface area contributed by atoms with Crippen LogP contribution >= 0.6 is 11.6 Å². The minimum absolute atomic E-state index is 0.0896. The molecule has 27 heavy (non-hydrogen) atoms. The lowest BCUT2D eigenvalue weighted by Gasteiger charge is -2.11. The lowest BCUT2D eigenvalue weighted by atomic mass is 10.1. The molecule has 0 amide bonds. The Bertz CT molecular complexity index is 473. The maximum atomic E-state index is 10.4. The summed E-state index contributed by atoms with van der Waals surface area (Å²) >= 11 is 4.72. The molecular formula is C19H32ClNO6. The Morgan fingerprint density at radius 2 is 1.78 bits per heavy atom. The van der Waals surface area contributed by atoms with Gasteiger partial charge in [-0.25, -0.2) is 4.79 Å². The number of ether oxygens (including phenoxy) is 1. The minimum Gasteiger partial charge on any atom is -0.480 e. The number of aliphatic hydroxyl groups is 2. The number of carbonyl (C=O) groups is 2. The highest BCUT2D eigenvalue weighted by Gasteiger charge is 2.14. The fourth-order valence-electron chi connectivity index (χ4n) is 1.80. The second-order valence-electron chi connectivity index (χ2n) is 5.34. The highest BCUT2D eigenvalue weighted by molar-refractivity contribution is 6.61. The average molecular weight is 406 g/mol. The van der Waals surface area contributed by atoms with E-state index in [1.807, 2.05) is 25.1 Å². The number of aliphatic carboxylic acids is 1. The summed E-state index contributed by atoms with van der Waals surface area (Å²) in [6, 6.07) is 9.60. The predicted molar refractivity (Wildman–Crippen MR) is 106 cm³/mol. The van der Waals surface area contributed by atoms with Gasteiger partial charge in [0.1, 0.15) is 6.04 Å². The van der Waals surface area contributed by atoms with E-state index in [2.05, 4.69) is 22.2 Å². The monoisotopic (exact) mass is 405 g/mol. The maximum absolute atomic E-state index is 10.4. The Morgan fingerprint density at radius 1 is 1.15 bits per heavy atom. The molecule has 1 aromatic rings. The van der Waals surface area contributed by atoms with E-state index in [1.54, 1.807) is 6.92 Å². The van der Waals surface area contributed by atoms with Gasteiger partial charge in [0.2, 0.25) is 0 Å². The smallest absolute Gasteiger partial charge is 0.403 e. The van der Waals surface area contributed by atoms with Gasteiger partial charge in [-0.15, -0.1) is 0 Å². The summed E-state index contributed by atoms with van der Waals surface area (Å²) in [4.78, 5) is 20.0. The van der Waals surface area contributed by atoms with E-state index in [9.17, 15) is 9.59 Å². The van der Waals surface area contributed by atoms with E-state index >= 15 is 0 Å². The summed E-state index contributed by atoms with van der Waals surface area (Å²) in [5.41, 5.74) is 0.564. The predicted octanol–water partition coefficient (Wildman–Crippen LogP) is 2.81. The number of carboxylic acid groups (broad SMARTS) is 1. The molecule has 0 aromatic heterocycles. The summed E-state index contributed by atoms with van der Waals surface area (Å²) in [5.74, 6) is -0.896. The summed E-state index contributed by atoms with van der Waals surface area (Å²) in [5, 5.41) is 28.4. The van der Waals surface area contributed by atoms with Crippen molar-refractivity contribution in [2.24, 2.45) is 0 Å². The molecule has 0 fully saturated rings. The Balaban J connectivity index is 0. The van der Waals surface area contributed by atoms with Crippen LogP contribution in [0.4, 0.5) is 4.79 Å². The Kier molecular flexibility index (Phi) is 21.1. The number of hydrogen-bond donors (Lipinski definition) is 4. The topological polar surface area (TPSA) is 116 Å². The number of hydrogen-bond acceptors (Lipinski definition) is 6. The van der Waals surface area contributed by atoms with E-state index in [-0.39, 0.29) is 19.6 Å². The number of benzene rings is 1. The van der Waals surface area contributed by atoms with Crippen molar-refractivity contribution in [3.63, 3.8) is 0 Å². The zero-order valence-electron chi connectivity index (χ0n) is 16.1. The third kappa shape index (κ3) is 20.5. The van der Waals surface area contributed by atoms with Gasteiger partial charge in [-0.1, -0.05) is 37.3 Å². The molecule has 0 aliphatic carbocycles. The minimum atomic E-state index is -0.896. The molecule has 0 spiro atoms. The maximum Gasteiger partial charge on any atom is 0.403 e. The van der Waals surface area contributed by atoms with Crippen LogP contribution in [0.25, 0.3) is 0 Å². The van der Waals surface area contributed by atoms with Crippen LogP contribution in [-0.4, -0.2) is 59.1 Å². The summed E-state index contributed by atoms with van der Waals surface area (Å²) < 4.78 is 4.17. The van der Waals surface area contributed by atoms with E-state index in [4.69, 9.17) is 26.9 Å². The van der Waals surface area contributed by atoms with E-state index in [1.165, 1.54) is 5.56 Å². The first-order valence-electron chi connectivity index (χ1n) is 8.96. The average Bonchev–Trinajstić information content (AvgIpc) is 2.65. The fraction of sp³-hybridized carbons (Fsp3) is 0.579. The lowest BCUT2D eigenvalue weighted by molar-refractivity contribution is -0.139. The molecular weight excluding hydrogens is 374 g/mol.